The maximum atomic E-state index is 12.7. The minimum absolute atomic E-state index is 0.325. The van der Waals surface area contributed by atoms with Gasteiger partial charge < -0.3 is 9.67 Å². The lowest BCUT2D eigenvalue weighted by Gasteiger charge is -2.02. The van der Waals surface area contributed by atoms with Gasteiger partial charge in [0.15, 0.2) is 0 Å². The quantitative estimate of drug-likeness (QED) is 0.558. The topological polar surface area (TPSA) is 42.2 Å². The molecule has 0 amide bonds. The molecular formula is C7H8FNO2. The summed E-state index contributed by atoms with van der Waals surface area (Å²) < 4.78 is 13.7. The van der Waals surface area contributed by atoms with Gasteiger partial charge in [-0.25, -0.2) is 0 Å². The molecule has 1 aromatic rings. The van der Waals surface area contributed by atoms with Crippen LogP contribution >= 0.6 is 0 Å². The van der Waals surface area contributed by atoms with Crippen molar-refractivity contribution in [1.82, 2.24) is 4.57 Å². The second-order valence-corrected chi connectivity index (χ2v) is 2.39. The van der Waals surface area contributed by atoms with E-state index in [0.717, 1.165) is 4.57 Å². The number of hydrogen-bond donors (Lipinski definition) is 1. The van der Waals surface area contributed by atoms with Gasteiger partial charge in [0, 0.05) is 18.8 Å². The summed E-state index contributed by atoms with van der Waals surface area (Å²) in [4.78, 5) is 10.8. The van der Waals surface area contributed by atoms with E-state index >= 15 is 0 Å². The van der Waals surface area contributed by atoms with Crippen molar-refractivity contribution >= 4 is 0 Å². The highest BCUT2D eigenvalue weighted by Crippen LogP contribution is 2.08. The molecular weight excluding hydrogens is 149 g/mol. The van der Waals surface area contributed by atoms with E-state index in [0.29, 0.717) is 5.56 Å². The molecule has 0 unspecified atom stereocenters. The van der Waals surface area contributed by atoms with E-state index in [1.165, 1.54) is 20.2 Å². The van der Waals surface area contributed by atoms with Crippen molar-refractivity contribution in [2.75, 3.05) is 0 Å². The summed E-state index contributed by atoms with van der Waals surface area (Å²) in [5.74, 6) is -1.71. The van der Waals surface area contributed by atoms with Gasteiger partial charge in [0.1, 0.15) is 0 Å². The summed E-state index contributed by atoms with van der Waals surface area (Å²) in [7, 11) is 1.42. The smallest absolute Gasteiger partial charge is 0.239 e. The summed E-state index contributed by atoms with van der Waals surface area (Å²) in [6, 6.07) is 0. The average molecular weight is 157 g/mol. The van der Waals surface area contributed by atoms with Gasteiger partial charge in [-0.1, -0.05) is 0 Å². The summed E-state index contributed by atoms with van der Waals surface area (Å²) >= 11 is 0. The molecule has 60 valence electrons. The van der Waals surface area contributed by atoms with Crippen LogP contribution in [0, 0.1) is 12.9 Å². The Bertz CT molecular complexity index is 343. The number of aromatic hydroxyl groups is 1. The normalized spacial score (nSPS) is 10.1. The molecule has 0 saturated carbocycles. The number of aromatic nitrogens is 1. The molecule has 3 nitrogen and oxygen atoms in total. The van der Waals surface area contributed by atoms with Crippen LogP contribution in [-0.2, 0) is 7.05 Å². The Hall–Kier alpha value is -1.32. The van der Waals surface area contributed by atoms with Crippen molar-refractivity contribution in [3.63, 3.8) is 0 Å². The van der Waals surface area contributed by atoms with Crippen LogP contribution in [0.4, 0.5) is 4.39 Å². The Morgan fingerprint density at radius 3 is 2.73 bits per heavy atom. The monoisotopic (exact) mass is 157 g/mol. The van der Waals surface area contributed by atoms with Crippen LogP contribution in [0.1, 0.15) is 5.56 Å². The van der Waals surface area contributed by atoms with Gasteiger partial charge in [0.05, 0.1) is 0 Å². The largest absolute Gasteiger partial charge is 0.501 e. The van der Waals surface area contributed by atoms with E-state index in [1.54, 1.807) is 0 Å². The minimum atomic E-state index is -0.902. The van der Waals surface area contributed by atoms with Gasteiger partial charge in [0.25, 0.3) is 0 Å². The zero-order valence-corrected chi connectivity index (χ0v) is 6.26. The average Bonchev–Trinajstić information content (AvgIpc) is 1.97. The molecule has 0 fully saturated rings. The zero-order valence-electron chi connectivity index (χ0n) is 6.26. The molecule has 0 aliphatic heterocycles. The third-order valence-electron chi connectivity index (χ3n) is 1.47. The van der Waals surface area contributed by atoms with Gasteiger partial charge in [-0.2, -0.15) is 4.39 Å². The van der Waals surface area contributed by atoms with E-state index in [2.05, 4.69) is 0 Å². The van der Waals surface area contributed by atoms with Gasteiger partial charge in [-0.15, -0.1) is 0 Å². The van der Waals surface area contributed by atoms with Crippen LogP contribution < -0.4 is 5.43 Å². The molecule has 0 saturated heterocycles. The van der Waals surface area contributed by atoms with Crippen LogP contribution in [-0.4, -0.2) is 9.67 Å². The van der Waals surface area contributed by atoms with Crippen molar-refractivity contribution in [2.45, 2.75) is 6.92 Å². The summed E-state index contributed by atoms with van der Waals surface area (Å²) in [5, 5.41) is 8.86. The van der Waals surface area contributed by atoms with Crippen molar-refractivity contribution in [3.05, 3.63) is 27.9 Å². The van der Waals surface area contributed by atoms with Crippen molar-refractivity contribution < 1.29 is 9.50 Å². The van der Waals surface area contributed by atoms with Crippen LogP contribution in [0.15, 0.2) is 11.0 Å². The van der Waals surface area contributed by atoms with E-state index in [-0.39, 0.29) is 0 Å². The third-order valence-corrected chi connectivity index (χ3v) is 1.47. The lowest BCUT2D eigenvalue weighted by Crippen LogP contribution is -2.12. The SMILES string of the molecule is Cc1cn(C)c(F)c(O)c1=O. The first-order valence-corrected chi connectivity index (χ1v) is 3.08. The van der Waals surface area contributed by atoms with Crippen LogP contribution in [0.5, 0.6) is 5.75 Å². The number of hydrogen-bond acceptors (Lipinski definition) is 2. The van der Waals surface area contributed by atoms with Crippen LogP contribution in [0.2, 0.25) is 0 Å². The highest BCUT2D eigenvalue weighted by molar-refractivity contribution is 5.23. The lowest BCUT2D eigenvalue weighted by molar-refractivity contribution is 0.394. The predicted molar refractivity (Wildman–Crippen MR) is 38.0 cm³/mol. The summed E-state index contributed by atoms with van der Waals surface area (Å²) in [6.07, 6.45) is 1.33. The van der Waals surface area contributed by atoms with E-state index < -0.39 is 17.1 Å². The first-order chi connectivity index (χ1) is 5.04. The Morgan fingerprint density at radius 1 is 1.64 bits per heavy atom. The molecule has 1 aromatic heterocycles. The molecule has 11 heavy (non-hydrogen) atoms. The van der Waals surface area contributed by atoms with Crippen LogP contribution in [0.3, 0.4) is 0 Å². The molecule has 0 spiro atoms. The Morgan fingerprint density at radius 2 is 2.18 bits per heavy atom. The number of rotatable bonds is 0. The predicted octanol–water partition coefficient (Wildman–Crippen LogP) is 0.538. The maximum Gasteiger partial charge on any atom is 0.239 e. The summed E-state index contributed by atoms with van der Waals surface area (Å²) in [6.45, 7) is 1.52. The van der Waals surface area contributed by atoms with Crippen molar-refractivity contribution in [3.8, 4) is 5.75 Å². The Labute approximate surface area is 62.7 Å². The summed E-state index contributed by atoms with van der Waals surface area (Å²) in [5.41, 5.74) is -0.327. The van der Waals surface area contributed by atoms with E-state index in [9.17, 15) is 9.18 Å². The Kier molecular flexibility index (Phi) is 1.68. The molecule has 1 rings (SSSR count). The second-order valence-electron chi connectivity index (χ2n) is 2.39. The van der Waals surface area contributed by atoms with E-state index in [4.69, 9.17) is 5.11 Å². The fraction of sp³-hybridized carbons (Fsp3) is 0.286. The van der Waals surface area contributed by atoms with Crippen LogP contribution in [0.25, 0.3) is 0 Å². The second kappa shape index (κ2) is 2.38. The van der Waals surface area contributed by atoms with Gasteiger partial charge in [-0.05, 0) is 6.92 Å². The number of nitrogens with zero attached hydrogens (tertiary/aromatic N) is 1. The van der Waals surface area contributed by atoms with E-state index in [1.807, 2.05) is 0 Å². The van der Waals surface area contributed by atoms with Gasteiger partial charge in [-0.3, -0.25) is 4.79 Å². The standard InChI is InChI=1S/C7H8FNO2/c1-4-3-9(2)7(8)6(11)5(4)10/h3,11H,1-2H3. The number of aryl methyl sites for hydroxylation is 2. The third kappa shape index (κ3) is 1.11. The first kappa shape index (κ1) is 7.78. The molecule has 4 heteroatoms. The molecule has 0 atom stereocenters. The fourth-order valence-electron chi connectivity index (χ4n) is 0.853. The van der Waals surface area contributed by atoms with Crippen molar-refractivity contribution in [2.24, 2.45) is 7.05 Å². The molecule has 0 aromatic carbocycles. The maximum absolute atomic E-state index is 12.7. The molecule has 0 aliphatic rings. The zero-order chi connectivity index (χ0) is 8.59. The molecule has 0 bridgehead atoms. The molecule has 1 N–H and O–H groups in total. The Balaban J connectivity index is 3.59. The highest BCUT2D eigenvalue weighted by Gasteiger charge is 2.08. The van der Waals surface area contributed by atoms with Gasteiger partial charge in [0.2, 0.25) is 17.1 Å². The minimum Gasteiger partial charge on any atom is -0.501 e. The fourth-order valence-corrected chi connectivity index (χ4v) is 0.853. The first-order valence-electron chi connectivity index (χ1n) is 3.08. The number of halogens is 1. The van der Waals surface area contributed by atoms with Gasteiger partial charge >= 0.3 is 0 Å². The lowest BCUT2D eigenvalue weighted by atomic mass is 10.3. The highest BCUT2D eigenvalue weighted by atomic mass is 19.1. The molecule has 0 aliphatic carbocycles. The van der Waals surface area contributed by atoms with Crippen molar-refractivity contribution in [1.29, 1.82) is 0 Å². The number of pyridine rings is 1. The molecule has 0 radical (unpaired) electrons. The molecule has 1 heterocycles.